The van der Waals surface area contributed by atoms with Crippen LogP contribution in [0, 0.1) is 11.6 Å². The monoisotopic (exact) mass is 263 g/mol. The van der Waals surface area contributed by atoms with E-state index in [2.05, 4.69) is 10.3 Å². The van der Waals surface area contributed by atoms with Crippen molar-refractivity contribution in [3.05, 3.63) is 48.1 Å². The number of rotatable bonds is 2. The zero-order chi connectivity index (χ0) is 13.2. The lowest BCUT2D eigenvalue weighted by Gasteiger charge is -2.23. The molecule has 1 fully saturated rings. The van der Waals surface area contributed by atoms with Crippen molar-refractivity contribution in [1.29, 1.82) is 0 Å². The minimum absolute atomic E-state index is 0.228. The van der Waals surface area contributed by atoms with Crippen molar-refractivity contribution in [2.45, 2.75) is 18.8 Å². The van der Waals surface area contributed by atoms with E-state index in [-0.39, 0.29) is 5.69 Å². The van der Waals surface area contributed by atoms with E-state index in [1.54, 1.807) is 17.1 Å². The zero-order valence-corrected chi connectivity index (χ0v) is 10.4. The van der Waals surface area contributed by atoms with Crippen LogP contribution in [0.2, 0.25) is 0 Å². The first-order valence-electron chi connectivity index (χ1n) is 6.44. The van der Waals surface area contributed by atoms with Crippen LogP contribution in [-0.2, 0) is 0 Å². The summed E-state index contributed by atoms with van der Waals surface area (Å²) in [6, 6.07) is 3.48. The molecule has 0 amide bonds. The van der Waals surface area contributed by atoms with Gasteiger partial charge in [-0.2, -0.15) is 0 Å². The second-order valence-electron chi connectivity index (χ2n) is 4.81. The number of imidazole rings is 1. The third-order valence-electron chi connectivity index (χ3n) is 3.59. The van der Waals surface area contributed by atoms with Gasteiger partial charge in [-0.1, -0.05) is 0 Å². The number of hydrogen-bond acceptors (Lipinski definition) is 2. The number of nitrogens with one attached hydrogen (secondary N) is 1. The lowest BCUT2D eigenvalue weighted by molar-refractivity contribution is 0.448. The van der Waals surface area contributed by atoms with Crippen LogP contribution in [0.1, 0.15) is 24.5 Å². The predicted molar refractivity (Wildman–Crippen MR) is 68.3 cm³/mol. The quantitative estimate of drug-likeness (QED) is 0.902. The number of halogens is 2. The number of aromatic nitrogens is 2. The van der Waals surface area contributed by atoms with E-state index in [1.165, 1.54) is 6.07 Å². The van der Waals surface area contributed by atoms with Crippen molar-refractivity contribution in [3.63, 3.8) is 0 Å². The van der Waals surface area contributed by atoms with E-state index in [1.807, 2.05) is 0 Å². The van der Waals surface area contributed by atoms with Gasteiger partial charge in [-0.25, -0.2) is 13.8 Å². The molecule has 0 saturated carbocycles. The Kier molecular flexibility index (Phi) is 3.29. The highest BCUT2D eigenvalue weighted by Gasteiger charge is 2.20. The fourth-order valence-electron chi connectivity index (χ4n) is 2.60. The van der Waals surface area contributed by atoms with Crippen LogP contribution in [0.5, 0.6) is 0 Å². The number of benzene rings is 1. The lowest BCUT2D eigenvalue weighted by Crippen LogP contribution is -2.27. The lowest BCUT2D eigenvalue weighted by atomic mass is 9.95. The average molecular weight is 263 g/mol. The highest BCUT2D eigenvalue weighted by atomic mass is 19.1. The molecule has 2 aromatic rings. The van der Waals surface area contributed by atoms with E-state index < -0.39 is 11.6 Å². The molecule has 100 valence electrons. The minimum atomic E-state index is -0.443. The number of piperidine rings is 1. The second-order valence-corrected chi connectivity index (χ2v) is 4.81. The molecule has 1 aromatic carbocycles. The SMILES string of the molecule is Fc1ccc(F)c(-n2cncc2C2CCNCC2)c1. The summed E-state index contributed by atoms with van der Waals surface area (Å²) in [6.45, 7) is 1.89. The molecule has 0 bridgehead atoms. The molecule has 0 atom stereocenters. The fourth-order valence-corrected chi connectivity index (χ4v) is 2.60. The summed E-state index contributed by atoms with van der Waals surface area (Å²) in [4.78, 5) is 4.10. The summed E-state index contributed by atoms with van der Waals surface area (Å²) >= 11 is 0. The summed E-state index contributed by atoms with van der Waals surface area (Å²) in [5.41, 5.74) is 1.18. The van der Waals surface area contributed by atoms with Crippen LogP contribution in [0.3, 0.4) is 0 Å². The molecule has 0 radical (unpaired) electrons. The van der Waals surface area contributed by atoms with Crippen LogP contribution in [0.4, 0.5) is 8.78 Å². The molecule has 0 unspecified atom stereocenters. The van der Waals surface area contributed by atoms with Gasteiger partial charge in [0.15, 0.2) is 0 Å². The van der Waals surface area contributed by atoms with Crippen LogP contribution in [-0.4, -0.2) is 22.6 Å². The van der Waals surface area contributed by atoms with E-state index in [9.17, 15) is 8.78 Å². The molecule has 1 aromatic heterocycles. The van der Waals surface area contributed by atoms with Crippen molar-refractivity contribution >= 4 is 0 Å². The maximum absolute atomic E-state index is 13.9. The smallest absolute Gasteiger partial charge is 0.147 e. The highest BCUT2D eigenvalue weighted by molar-refractivity contribution is 5.36. The van der Waals surface area contributed by atoms with Crippen LogP contribution in [0.15, 0.2) is 30.7 Å². The molecule has 1 aliphatic heterocycles. The third-order valence-corrected chi connectivity index (χ3v) is 3.59. The van der Waals surface area contributed by atoms with Gasteiger partial charge < -0.3 is 5.32 Å². The molecule has 1 saturated heterocycles. The van der Waals surface area contributed by atoms with Gasteiger partial charge in [-0.3, -0.25) is 4.57 Å². The van der Waals surface area contributed by atoms with Gasteiger partial charge in [-0.05, 0) is 38.1 Å². The molecule has 1 N–H and O–H groups in total. The van der Waals surface area contributed by atoms with Crippen molar-refractivity contribution in [3.8, 4) is 5.69 Å². The largest absolute Gasteiger partial charge is 0.317 e. The van der Waals surface area contributed by atoms with E-state index in [0.717, 1.165) is 43.8 Å². The van der Waals surface area contributed by atoms with Gasteiger partial charge in [0.2, 0.25) is 0 Å². The number of nitrogens with zero attached hydrogens (tertiary/aromatic N) is 2. The Labute approximate surface area is 110 Å². The minimum Gasteiger partial charge on any atom is -0.317 e. The fraction of sp³-hybridized carbons (Fsp3) is 0.357. The molecule has 0 spiro atoms. The van der Waals surface area contributed by atoms with Gasteiger partial charge in [-0.15, -0.1) is 0 Å². The number of hydrogen-bond donors (Lipinski definition) is 1. The topological polar surface area (TPSA) is 29.9 Å². The van der Waals surface area contributed by atoms with Crippen molar-refractivity contribution in [1.82, 2.24) is 14.9 Å². The van der Waals surface area contributed by atoms with E-state index in [4.69, 9.17) is 0 Å². The Morgan fingerprint density at radius 2 is 2.00 bits per heavy atom. The summed E-state index contributed by atoms with van der Waals surface area (Å²) in [6.07, 6.45) is 5.28. The van der Waals surface area contributed by atoms with Crippen molar-refractivity contribution in [2.75, 3.05) is 13.1 Å². The molecule has 5 heteroatoms. The third kappa shape index (κ3) is 2.38. The standard InChI is InChI=1S/C14H15F2N3/c15-11-1-2-12(16)13(7-11)19-9-18-8-14(19)10-3-5-17-6-4-10/h1-2,7-10,17H,3-6H2. The molecule has 0 aliphatic carbocycles. The van der Waals surface area contributed by atoms with Crippen LogP contribution in [0.25, 0.3) is 5.69 Å². The molecule has 3 rings (SSSR count). The molecule has 3 nitrogen and oxygen atoms in total. The molecule has 2 heterocycles. The molecular formula is C14H15F2N3. The summed E-state index contributed by atoms with van der Waals surface area (Å²) in [5, 5.41) is 3.29. The Hall–Kier alpha value is -1.75. The predicted octanol–water partition coefficient (Wildman–Crippen LogP) is 2.62. The van der Waals surface area contributed by atoms with E-state index in [0.29, 0.717) is 5.92 Å². The van der Waals surface area contributed by atoms with Gasteiger partial charge in [0.25, 0.3) is 0 Å². The zero-order valence-electron chi connectivity index (χ0n) is 10.4. The van der Waals surface area contributed by atoms with Gasteiger partial charge in [0.05, 0.1) is 12.0 Å². The average Bonchev–Trinajstić information content (AvgIpc) is 2.91. The first kappa shape index (κ1) is 12.3. The molecular weight excluding hydrogens is 248 g/mol. The first-order chi connectivity index (χ1) is 9.25. The van der Waals surface area contributed by atoms with Crippen LogP contribution >= 0.6 is 0 Å². The van der Waals surface area contributed by atoms with Crippen molar-refractivity contribution in [2.24, 2.45) is 0 Å². The summed E-state index contributed by atoms with van der Waals surface area (Å²) < 4.78 is 28.8. The maximum Gasteiger partial charge on any atom is 0.147 e. The van der Waals surface area contributed by atoms with Gasteiger partial charge in [0, 0.05) is 23.9 Å². The second kappa shape index (κ2) is 5.09. The Morgan fingerprint density at radius 3 is 2.79 bits per heavy atom. The Morgan fingerprint density at radius 1 is 1.21 bits per heavy atom. The van der Waals surface area contributed by atoms with Gasteiger partial charge in [0.1, 0.15) is 11.6 Å². The van der Waals surface area contributed by atoms with Gasteiger partial charge >= 0.3 is 0 Å². The first-order valence-corrected chi connectivity index (χ1v) is 6.44. The molecule has 19 heavy (non-hydrogen) atoms. The summed E-state index contributed by atoms with van der Waals surface area (Å²) in [5.74, 6) is -0.539. The maximum atomic E-state index is 13.9. The van der Waals surface area contributed by atoms with Crippen LogP contribution < -0.4 is 5.32 Å². The normalized spacial score (nSPS) is 16.7. The highest BCUT2D eigenvalue weighted by Crippen LogP contribution is 2.28. The van der Waals surface area contributed by atoms with Crippen molar-refractivity contribution < 1.29 is 8.78 Å². The Balaban J connectivity index is 2.01. The Bertz CT molecular complexity index is 574. The molecule has 1 aliphatic rings. The summed E-state index contributed by atoms with van der Waals surface area (Å²) in [7, 11) is 0. The van der Waals surface area contributed by atoms with E-state index >= 15 is 0 Å².